The first-order valence-corrected chi connectivity index (χ1v) is 12.6. The lowest BCUT2D eigenvalue weighted by Gasteiger charge is -2.27. The highest BCUT2D eigenvalue weighted by atomic mass is 32.2. The molecule has 1 atom stereocenters. The van der Waals surface area contributed by atoms with Gasteiger partial charge in [0.2, 0.25) is 15.9 Å². The second-order valence-electron chi connectivity index (χ2n) is 8.42. The van der Waals surface area contributed by atoms with E-state index in [1.807, 2.05) is 27.9 Å². The summed E-state index contributed by atoms with van der Waals surface area (Å²) in [5.41, 5.74) is 2.87. The Labute approximate surface area is 192 Å². The third-order valence-electron chi connectivity index (χ3n) is 6.00. The largest absolute Gasteiger partial charge is 0.378 e. The van der Waals surface area contributed by atoms with Crippen LogP contribution in [0, 0.1) is 0 Å². The highest BCUT2D eigenvalue weighted by molar-refractivity contribution is 7.89. The van der Waals surface area contributed by atoms with E-state index in [0.717, 1.165) is 30.6 Å². The number of rotatable bonds is 9. The molecular formula is C24H34N4O3S. The van der Waals surface area contributed by atoms with Crippen molar-refractivity contribution >= 4 is 27.3 Å². The van der Waals surface area contributed by atoms with Gasteiger partial charge in [0.25, 0.3) is 0 Å². The highest BCUT2D eigenvalue weighted by Gasteiger charge is 2.27. The van der Waals surface area contributed by atoms with E-state index in [1.165, 1.54) is 4.31 Å². The fourth-order valence-electron chi connectivity index (χ4n) is 3.86. The standard InChI is InChI=1S/C24H34N4O3S/c1-5-27(18-20-8-12-22(13-9-20)26(3)4)19(2)24(29)25-21-10-14-23(15-11-21)32(30,31)28-16-6-7-17-28/h8-15,19H,5-7,16-18H2,1-4H3,(H,25,29)/t19-/m0/s1. The number of nitrogens with one attached hydrogen (secondary N) is 1. The zero-order valence-electron chi connectivity index (χ0n) is 19.4. The van der Waals surface area contributed by atoms with Crippen LogP contribution in [0.1, 0.15) is 32.3 Å². The Morgan fingerprint density at radius 2 is 1.62 bits per heavy atom. The van der Waals surface area contributed by atoms with Gasteiger partial charge in [-0.25, -0.2) is 8.42 Å². The molecule has 2 aromatic carbocycles. The molecule has 0 aromatic heterocycles. The summed E-state index contributed by atoms with van der Waals surface area (Å²) in [5.74, 6) is -0.119. The first-order chi connectivity index (χ1) is 15.2. The maximum absolute atomic E-state index is 12.9. The monoisotopic (exact) mass is 458 g/mol. The molecule has 8 heteroatoms. The van der Waals surface area contributed by atoms with Crippen LogP contribution < -0.4 is 10.2 Å². The van der Waals surface area contributed by atoms with E-state index in [1.54, 1.807) is 24.3 Å². The number of hydrogen-bond donors (Lipinski definition) is 1. The molecule has 2 aromatic rings. The molecule has 1 heterocycles. The van der Waals surface area contributed by atoms with Crippen LogP contribution in [0.2, 0.25) is 0 Å². The molecule has 0 radical (unpaired) electrons. The number of amides is 1. The zero-order valence-corrected chi connectivity index (χ0v) is 20.2. The van der Waals surface area contributed by atoms with Gasteiger partial charge >= 0.3 is 0 Å². The summed E-state index contributed by atoms with van der Waals surface area (Å²) in [6.45, 7) is 6.48. The lowest BCUT2D eigenvalue weighted by Crippen LogP contribution is -2.41. The van der Waals surface area contributed by atoms with Crippen molar-refractivity contribution in [3.05, 3.63) is 54.1 Å². The van der Waals surface area contributed by atoms with Gasteiger partial charge in [0.15, 0.2) is 0 Å². The molecule has 0 aliphatic carbocycles. The molecule has 1 saturated heterocycles. The first-order valence-electron chi connectivity index (χ1n) is 11.1. The van der Waals surface area contributed by atoms with Crippen LogP contribution in [0.3, 0.4) is 0 Å². The Morgan fingerprint density at radius 1 is 1.03 bits per heavy atom. The summed E-state index contributed by atoms with van der Waals surface area (Å²) in [6.07, 6.45) is 1.80. The smallest absolute Gasteiger partial charge is 0.243 e. The third-order valence-corrected chi connectivity index (χ3v) is 7.91. The summed E-state index contributed by atoms with van der Waals surface area (Å²) in [7, 11) is 0.565. The second-order valence-corrected chi connectivity index (χ2v) is 10.4. The maximum Gasteiger partial charge on any atom is 0.243 e. The van der Waals surface area contributed by atoms with Crippen LogP contribution in [0.4, 0.5) is 11.4 Å². The molecular weight excluding hydrogens is 424 g/mol. The summed E-state index contributed by atoms with van der Waals surface area (Å²) in [5, 5.41) is 2.92. The van der Waals surface area contributed by atoms with Gasteiger partial charge < -0.3 is 10.2 Å². The van der Waals surface area contributed by atoms with Crippen molar-refractivity contribution in [2.75, 3.05) is 43.9 Å². The predicted molar refractivity (Wildman–Crippen MR) is 129 cm³/mol. The normalized spacial score (nSPS) is 15.7. The molecule has 0 unspecified atom stereocenters. The number of carbonyl (C=O) groups excluding carboxylic acids is 1. The van der Waals surface area contributed by atoms with Gasteiger partial charge in [0.1, 0.15) is 0 Å². The van der Waals surface area contributed by atoms with E-state index in [-0.39, 0.29) is 16.8 Å². The van der Waals surface area contributed by atoms with Crippen molar-refractivity contribution in [1.29, 1.82) is 0 Å². The van der Waals surface area contributed by atoms with Crippen LogP contribution in [-0.2, 0) is 21.4 Å². The summed E-state index contributed by atoms with van der Waals surface area (Å²) >= 11 is 0. The van der Waals surface area contributed by atoms with E-state index in [2.05, 4.69) is 39.4 Å². The van der Waals surface area contributed by atoms with Crippen LogP contribution >= 0.6 is 0 Å². The fourth-order valence-corrected chi connectivity index (χ4v) is 5.37. The van der Waals surface area contributed by atoms with E-state index >= 15 is 0 Å². The number of nitrogens with zero attached hydrogens (tertiary/aromatic N) is 3. The summed E-state index contributed by atoms with van der Waals surface area (Å²) in [4.78, 5) is 17.3. The molecule has 1 N–H and O–H groups in total. The van der Waals surface area contributed by atoms with Gasteiger partial charge in [-0.15, -0.1) is 0 Å². The molecule has 1 amide bonds. The van der Waals surface area contributed by atoms with Gasteiger partial charge in [-0.3, -0.25) is 9.69 Å². The Kier molecular flexibility index (Phi) is 7.92. The molecule has 1 aliphatic heterocycles. The van der Waals surface area contributed by atoms with Gasteiger partial charge in [-0.05, 0) is 68.3 Å². The van der Waals surface area contributed by atoms with Crippen molar-refractivity contribution in [2.24, 2.45) is 0 Å². The molecule has 7 nitrogen and oxygen atoms in total. The average molecular weight is 459 g/mol. The van der Waals surface area contributed by atoms with Crippen molar-refractivity contribution in [3.63, 3.8) is 0 Å². The molecule has 1 aliphatic rings. The van der Waals surface area contributed by atoms with Crippen molar-refractivity contribution < 1.29 is 13.2 Å². The lowest BCUT2D eigenvalue weighted by atomic mass is 10.1. The Hall–Kier alpha value is -2.42. The Morgan fingerprint density at radius 3 is 2.16 bits per heavy atom. The minimum Gasteiger partial charge on any atom is -0.378 e. The fraction of sp³-hybridized carbons (Fsp3) is 0.458. The molecule has 1 fully saturated rings. The van der Waals surface area contributed by atoms with Crippen LogP contribution in [0.5, 0.6) is 0 Å². The van der Waals surface area contributed by atoms with Crippen LogP contribution in [0.25, 0.3) is 0 Å². The average Bonchev–Trinajstić information content (AvgIpc) is 3.33. The number of carbonyl (C=O) groups is 1. The van der Waals surface area contributed by atoms with Crippen molar-refractivity contribution in [1.82, 2.24) is 9.21 Å². The van der Waals surface area contributed by atoms with E-state index < -0.39 is 10.0 Å². The van der Waals surface area contributed by atoms with Gasteiger partial charge in [0, 0.05) is 45.1 Å². The van der Waals surface area contributed by atoms with E-state index in [9.17, 15) is 13.2 Å². The van der Waals surface area contributed by atoms with Crippen LogP contribution in [0.15, 0.2) is 53.4 Å². The third kappa shape index (κ3) is 5.68. The minimum absolute atomic E-state index is 0.119. The molecule has 0 spiro atoms. The number of sulfonamides is 1. The highest BCUT2D eigenvalue weighted by Crippen LogP contribution is 2.22. The van der Waals surface area contributed by atoms with Gasteiger partial charge in [-0.2, -0.15) is 4.31 Å². The van der Waals surface area contributed by atoms with Crippen molar-refractivity contribution in [2.45, 2.75) is 44.2 Å². The molecule has 32 heavy (non-hydrogen) atoms. The SMILES string of the molecule is CCN(Cc1ccc(N(C)C)cc1)[C@@H](C)C(=O)Nc1ccc(S(=O)(=O)N2CCCC2)cc1. The lowest BCUT2D eigenvalue weighted by molar-refractivity contribution is -0.120. The quantitative estimate of drug-likeness (QED) is 0.624. The number of benzene rings is 2. The summed E-state index contributed by atoms with van der Waals surface area (Å²) < 4.78 is 26.9. The van der Waals surface area contributed by atoms with E-state index in [0.29, 0.717) is 25.3 Å². The van der Waals surface area contributed by atoms with Crippen LogP contribution in [-0.4, -0.2) is 63.3 Å². The number of anilines is 2. The van der Waals surface area contributed by atoms with Gasteiger partial charge in [-0.1, -0.05) is 19.1 Å². The molecule has 0 bridgehead atoms. The molecule has 3 rings (SSSR count). The number of hydrogen-bond acceptors (Lipinski definition) is 5. The molecule has 174 valence electrons. The van der Waals surface area contributed by atoms with Crippen molar-refractivity contribution in [3.8, 4) is 0 Å². The maximum atomic E-state index is 12.9. The summed E-state index contributed by atoms with van der Waals surface area (Å²) in [6, 6.07) is 14.4. The minimum atomic E-state index is -3.45. The van der Waals surface area contributed by atoms with E-state index in [4.69, 9.17) is 0 Å². The second kappa shape index (κ2) is 10.5. The predicted octanol–water partition coefficient (Wildman–Crippen LogP) is 3.39. The van der Waals surface area contributed by atoms with Gasteiger partial charge in [0.05, 0.1) is 10.9 Å². The Balaban J connectivity index is 1.62. The molecule has 0 saturated carbocycles. The topological polar surface area (TPSA) is 73.0 Å². The Bertz CT molecular complexity index is 999. The zero-order chi connectivity index (χ0) is 23.3. The first kappa shape index (κ1) is 24.2. The number of likely N-dealkylation sites (N-methyl/N-ethyl adjacent to an activating group) is 1.